The van der Waals surface area contributed by atoms with Crippen molar-refractivity contribution in [3.05, 3.63) is 0 Å². The highest BCUT2D eigenvalue weighted by Gasteiger charge is 2.13. The second kappa shape index (κ2) is 7.11. The van der Waals surface area contributed by atoms with Gasteiger partial charge < -0.3 is 20.8 Å². The lowest BCUT2D eigenvalue weighted by Crippen LogP contribution is -2.38. The number of amides is 2. The second-order valence-electron chi connectivity index (χ2n) is 5.14. The predicted molar refractivity (Wildman–Crippen MR) is 63.7 cm³/mol. The molecule has 0 heterocycles. The molecular formula is C11H22N2O4. The molecule has 2 amide bonds. The van der Waals surface area contributed by atoms with Gasteiger partial charge in [-0.1, -0.05) is 20.8 Å². The normalized spacial score (nSPS) is 12.9. The third-order valence-corrected chi connectivity index (χ3v) is 2.15. The van der Waals surface area contributed by atoms with Gasteiger partial charge in [0.1, 0.15) is 0 Å². The molecule has 0 unspecified atom stereocenters. The van der Waals surface area contributed by atoms with Crippen LogP contribution in [0.4, 0.5) is 4.79 Å². The van der Waals surface area contributed by atoms with Crippen LogP contribution in [-0.4, -0.2) is 41.4 Å². The average Bonchev–Trinajstić information content (AvgIpc) is 2.15. The van der Waals surface area contributed by atoms with Gasteiger partial charge in [0.15, 0.2) is 6.10 Å². The van der Waals surface area contributed by atoms with Crippen molar-refractivity contribution in [1.82, 2.24) is 10.6 Å². The van der Waals surface area contributed by atoms with Crippen LogP contribution < -0.4 is 10.6 Å². The molecule has 17 heavy (non-hydrogen) atoms. The maximum atomic E-state index is 11.2. The highest BCUT2D eigenvalue weighted by atomic mass is 16.4. The van der Waals surface area contributed by atoms with E-state index in [1.54, 1.807) is 0 Å². The summed E-state index contributed by atoms with van der Waals surface area (Å²) in [5.41, 5.74) is 0.160. The van der Waals surface area contributed by atoms with Crippen molar-refractivity contribution in [3.63, 3.8) is 0 Å². The molecule has 0 bridgehead atoms. The molecule has 0 aromatic carbocycles. The van der Waals surface area contributed by atoms with Gasteiger partial charge >= 0.3 is 12.0 Å². The molecule has 0 aliphatic carbocycles. The summed E-state index contributed by atoms with van der Waals surface area (Å²) in [7, 11) is 0. The minimum Gasteiger partial charge on any atom is -0.479 e. The topological polar surface area (TPSA) is 98.7 Å². The van der Waals surface area contributed by atoms with E-state index in [4.69, 9.17) is 10.2 Å². The lowest BCUT2D eigenvalue weighted by molar-refractivity contribution is -0.146. The van der Waals surface area contributed by atoms with E-state index in [9.17, 15) is 9.59 Å². The van der Waals surface area contributed by atoms with Gasteiger partial charge in [-0.05, 0) is 11.8 Å². The summed E-state index contributed by atoms with van der Waals surface area (Å²) in [4.78, 5) is 21.5. The van der Waals surface area contributed by atoms with Gasteiger partial charge in [0.05, 0.1) is 0 Å². The number of hydrogen-bond acceptors (Lipinski definition) is 3. The van der Waals surface area contributed by atoms with Crippen molar-refractivity contribution in [3.8, 4) is 0 Å². The zero-order valence-electron chi connectivity index (χ0n) is 10.6. The molecule has 0 aromatic heterocycles. The molecule has 0 aromatic rings. The molecule has 0 saturated carbocycles. The van der Waals surface area contributed by atoms with Gasteiger partial charge in [0, 0.05) is 19.5 Å². The highest BCUT2D eigenvalue weighted by Crippen LogP contribution is 2.16. The molecule has 6 heteroatoms. The summed E-state index contributed by atoms with van der Waals surface area (Å²) in [5, 5.41) is 22.5. The van der Waals surface area contributed by atoms with Crippen molar-refractivity contribution in [2.45, 2.75) is 39.7 Å². The van der Waals surface area contributed by atoms with E-state index in [0.29, 0.717) is 6.54 Å². The highest BCUT2D eigenvalue weighted by molar-refractivity contribution is 5.74. The molecule has 0 fully saturated rings. The SMILES string of the molecule is CC(C)(C)CCNC(=O)NCC[C@H](O)C(=O)O. The summed E-state index contributed by atoms with van der Waals surface area (Å²) in [6.07, 6.45) is -0.565. The standard InChI is InChI=1S/C11H22N2O4/c1-11(2,3)5-7-13-10(17)12-6-4-8(14)9(15)16/h8,14H,4-7H2,1-3H3,(H,15,16)(H2,12,13,17)/t8-/m0/s1. The Kier molecular flexibility index (Phi) is 6.57. The fraction of sp³-hybridized carbons (Fsp3) is 0.818. The number of urea groups is 1. The molecular weight excluding hydrogens is 224 g/mol. The summed E-state index contributed by atoms with van der Waals surface area (Å²) in [6, 6.07) is -0.341. The van der Waals surface area contributed by atoms with Gasteiger partial charge in [-0.2, -0.15) is 0 Å². The number of aliphatic carboxylic acids is 1. The van der Waals surface area contributed by atoms with Gasteiger partial charge in [-0.15, -0.1) is 0 Å². The van der Waals surface area contributed by atoms with Crippen LogP contribution in [0.25, 0.3) is 0 Å². The molecule has 0 rings (SSSR count). The van der Waals surface area contributed by atoms with E-state index in [2.05, 4.69) is 31.4 Å². The van der Waals surface area contributed by atoms with Crippen LogP contribution >= 0.6 is 0 Å². The van der Waals surface area contributed by atoms with Crippen LogP contribution in [0.2, 0.25) is 0 Å². The van der Waals surface area contributed by atoms with E-state index in [1.807, 2.05) is 0 Å². The van der Waals surface area contributed by atoms with Crippen LogP contribution in [0.1, 0.15) is 33.6 Å². The molecule has 0 spiro atoms. The average molecular weight is 246 g/mol. The Morgan fingerprint density at radius 1 is 1.18 bits per heavy atom. The van der Waals surface area contributed by atoms with E-state index in [1.165, 1.54) is 0 Å². The van der Waals surface area contributed by atoms with E-state index in [-0.39, 0.29) is 24.4 Å². The minimum absolute atomic E-state index is 0.00201. The Balaban J connectivity index is 3.57. The summed E-state index contributed by atoms with van der Waals surface area (Å²) < 4.78 is 0. The molecule has 0 aliphatic rings. The zero-order chi connectivity index (χ0) is 13.5. The largest absolute Gasteiger partial charge is 0.479 e. The number of carboxylic acids is 1. The third-order valence-electron chi connectivity index (χ3n) is 2.15. The van der Waals surface area contributed by atoms with Crippen molar-refractivity contribution in [2.24, 2.45) is 5.41 Å². The first-order valence-corrected chi connectivity index (χ1v) is 5.65. The van der Waals surface area contributed by atoms with E-state index >= 15 is 0 Å². The number of rotatable bonds is 6. The summed E-state index contributed by atoms with van der Waals surface area (Å²) in [5.74, 6) is -1.28. The number of carbonyl (C=O) groups is 2. The van der Waals surface area contributed by atoms with Crippen LogP contribution in [0.3, 0.4) is 0 Å². The monoisotopic (exact) mass is 246 g/mol. The van der Waals surface area contributed by atoms with Crippen molar-refractivity contribution in [1.29, 1.82) is 0 Å². The number of carboxylic acid groups (broad SMARTS) is 1. The lowest BCUT2D eigenvalue weighted by atomic mass is 9.92. The second-order valence-corrected chi connectivity index (χ2v) is 5.14. The fourth-order valence-corrected chi connectivity index (χ4v) is 1.06. The molecule has 1 atom stereocenters. The first-order chi connectivity index (χ1) is 7.72. The molecule has 100 valence electrons. The smallest absolute Gasteiger partial charge is 0.332 e. The number of aliphatic hydroxyl groups is 1. The fourth-order valence-electron chi connectivity index (χ4n) is 1.06. The Hall–Kier alpha value is -1.30. The Labute approximate surface area is 101 Å². The predicted octanol–water partition coefficient (Wildman–Crippen LogP) is 0.557. The van der Waals surface area contributed by atoms with Gasteiger partial charge in [-0.25, -0.2) is 9.59 Å². The van der Waals surface area contributed by atoms with Crippen molar-refractivity contribution >= 4 is 12.0 Å². The Morgan fingerprint density at radius 3 is 2.18 bits per heavy atom. The number of carbonyl (C=O) groups excluding carboxylic acids is 1. The molecule has 0 saturated heterocycles. The van der Waals surface area contributed by atoms with Gasteiger partial charge in [-0.3, -0.25) is 0 Å². The van der Waals surface area contributed by atoms with Crippen LogP contribution in [0, 0.1) is 5.41 Å². The molecule has 6 nitrogen and oxygen atoms in total. The molecule has 0 aliphatic heterocycles. The molecule has 0 radical (unpaired) electrons. The van der Waals surface area contributed by atoms with E-state index < -0.39 is 12.1 Å². The quantitative estimate of drug-likeness (QED) is 0.550. The number of nitrogens with one attached hydrogen (secondary N) is 2. The van der Waals surface area contributed by atoms with Crippen LogP contribution in [-0.2, 0) is 4.79 Å². The van der Waals surface area contributed by atoms with Crippen LogP contribution in [0.15, 0.2) is 0 Å². The van der Waals surface area contributed by atoms with E-state index in [0.717, 1.165) is 6.42 Å². The van der Waals surface area contributed by atoms with Crippen LogP contribution in [0.5, 0.6) is 0 Å². The number of aliphatic hydroxyl groups excluding tert-OH is 1. The van der Waals surface area contributed by atoms with Crippen molar-refractivity contribution < 1.29 is 19.8 Å². The Bertz CT molecular complexity index is 261. The number of hydrogen-bond donors (Lipinski definition) is 4. The molecule has 4 N–H and O–H groups in total. The third kappa shape index (κ3) is 9.62. The van der Waals surface area contributed by atoms with Gasteiger partial charge in [0.25, 0.3) is 0 Å². The summed E-state index contributed by atoms with van der Waals surface area (Å²) in [6.45, 7) is 6.94. The first kappa shape index (κ1) is 15.7. The summed E-state index contributed by atoms with van der Waals surface area (Å²) >= 11 is 0. The van der Waals surface area contributed by atoms with Crippen molar-refractivity contribution in [2.75, 3.05) is 13.1 Å². The minimum atomic E-state index is -1.43. The maximum Gasteiger partial charge on any atom is 0.332 e. The zero-order valence-corrected chi connectivity index (χ0v) is 10.6. The first-order valence-electron chi connectivity index (χ1n) is 5.65. The Morgan fingerprint density at radius 2 is 1.71 bits per heavy atom. The van der Waals surface area contributed by atoms with Gasteiger partial charge in [0.2, 0.25) is 0 Å². The lowest BCUT2D eigenvalue weighted by Gasteiger charge is -2.18. The maximum absolute atomic E-state index is 11.2.